The minimum atomic E-state index is -0.304. The van der Waals surface area contributed by atoms with E-state index in [0.717, 1.165) is 12.2 Å². The van der Waals surface area contributed by atoms with Crippen molar-refractivity contribution in [1.82, 2.24) is 9.78 Å². The highest BCUT2D eigenvalue weighted by Crippen LogP contribution is 2.39. The molecule has 0 aliphatic carbocycles. The van der Waals surface area contributed by atoms with Crippen LogP contribution in [0.1, 0.15) is 23.0 Å². The molecule has 1 amide bonds. The van der Waals surface area contributed by atoms with Gasteiger partial charge in [-0.05, 0) is 26.0 Å². The van der Waals surface area contributed by atoms with Crippen molar-refractivity contribution in [1.29, 1.82) is 0 Å². The molecule has 1 N–H and O–H groups in total. The first kappa shape index (κ1) is 16.7. The standard InChI is InChI=1S/C16H21N3O4/c1-6-19-10(2)12(9-17-19)18-16(20)11-7-8-13(21-3)15(23-5)14(11)22-4/h7-9H,6H2,1-5H3,(H,18,20). The van der Waals surface area contributed by atoms with E-state index in [4.69, 9.17) is 14.2 Å². The Morgan fingerprint density at radius 3 is 2.39 bits per heavy atom. The highest BCUT2D eigenvalue weighted by molar-refractivity contribution is 6.07. The number of aromatic nitrogens is 2. The summed E-state index contributed by atoms with van der Waals surface area (Å²) >= 11 is 0. The summed E-state index contributed by atoms with van der Waals surface area (Å²) in [5.74, 6) is 0.894. The van der Waals surface area contributed by atoms with Crippen molar-refractivity contribution in [2.75, 3.05) is 26.6 Å². The first-order chi connectivity index (χ1) is 11.1. The molecule has 124 valence electrons. The van der Waals surface area contributed by atoms with Crippen molar-refractivity contribution >= 4 is 11.6 Å². The van der Waals surface area contributed by atoms with Gasteiger partial charge in [0.2, 0.25) is 5.75 Å². The average molecular weight is 319 g/mol. The quantitative estimate of drug-likeness (QED) is 0.885. The van der Waals surface area contributed by atoms with Crippen LogP contribution >= 0.6 is 0 Å². The van der Waals surface area contributed by atoms with Gasteiger partial charge in [0.15, 0.2) is 11.5 Å². The molecule has 1 aromatic carbocycles. The van der Waals surface area contributed by atoms with E-state index in [0.29, 0.717) is 28.5 Å². The molecule has 2 aromatic rings. The number of hydrogen-bond donors (Lipinski definition) is 1. The number of benzene rings is 1. The summed E-state index contributed by atoms with van der Waals surface area (Å²) < 4.78 is 17.7. The van der Waals surface area contributed by atoms with E-state index in [9.17, 15) is 4.79 Å². The third kappa shape index (κ3) is 3.08. The van der Waals surface area contributed by atoms with Gasteiger partial charge in [-0.25, -0.2) is 0 Å². The molecule has 0 aliphatic rings. The molecule has 2 rings (SSSR count). The smallest absolute Gasteiger partial charge is 0.259 e. The second-order valence-electron chi connectivity index (χ2n) is 4.80. The van der Waals surface area contributed by atoms with Gasteiger partial charge in [0, 0.05) is 6.54 Å². The lowest BCUT2D eigenvalue weighted by molar-refractivity contribution is 0.102. The number of nitrogens with zero attached hydrogens (tertiary/aromatic N) is 2. The van der Waals surface area contributed by atoms with Gasteiger partial charge < -0.3 is 19.5 Å². The Labute approximate surface area is 135 Å². The van der Waals surface area contributed by atoms with Gasteiger partial charge in [0.1, 0.15) is 0 Å². The molecule has 0 atom stereocenters. The van der Waals surface area contributed by atoms with Gasteiger partial charge in [-0.15, -0.1) is 0 Å². The second kappa shape index (κ2) is 7.04. The van der Waals surface area contributed by atoms with Gasteiger partial charge in [0.05, 0.1) is 44.5 Å². The third-order valence-electron chi connectivity index (χ3n) is 3.60. The zero-order chi connectivity index (χ0) is 17.0. The molecule has 0 aliphatic heterocycles. The van der Waals surface area contributed by atoms with Crippen LogP contribution in [-0.2, 0) is 6.54 Å². The largest absolute Gasteiger partial charge is 0.493 e. The predicted octanol–water partition coefficient (Wildman–Crippen LogP) is 2.49. The lowest BCUT2D eigenvalue weighted by Crippen LogP contribution is -2.14. The van der Waals surface area contributed by atoms with Crippen LogP contribution in [0, 0.1) is 6.92 Å². The molecular formula is C16H21N3O4. The van der Waals surface area contributed by atoms with Crippen LogP contribution in [0.25, 0.3) is 0 Å². The highest BCUT2D eigenvalue weighted by atomic mass is 16.5. The van der Waals surface area contributed by atoms with Crippen LogP contribution in [0.15, 0.2) is 18.3 Å². The topological polar surface area (TPSA) is 74.6 Å². The number of ether oxygens (including phenoxy) is 3. The van der Waals surface area contributed by atoms with Crippen LogP contribution in [0.5, 0.6) is 17.2 Å². The van der Waals surface area contributed by atoms with Crippen LogP contribution < -0.4 is 19.5 Å². The van der Waals surface area contributed by atoms with E-state index >= 15 is 0 Å². The lowest BCUT2D eigenvalue weighted by atomic mass is 10.1. The number of nitrogens with one attached hydrogen (secondary N) is 1. The van der Waals surface area contributed by atoms with Crippen LogP contribution in [0.2, 0.25) is 0 Å². The fourth-order valence-electron chi connectivity index (χ4n) is 2.36. The van der Waals surface area contributed by atoms with E-state index in [1.54, 1.807) is 23.0 Å². The summed E-state index contributed by atoms with van der Waals surface area (Å²) in [6.07, 6.45) is 1.63. The Morgan fingerprint density at radius 2 is 1.87 bits per heavy atom. The molecular weight excluding hydrogens is 298 g/mol. The third-order valence-corrected chi connectivity index (χ3v) is 3.60. The SMILES string of the molecule is CCn1ncc(NC(=O)c2ccc(OC)c(OC)c2OC)c1C. The molecule has 23 heavy (non-hydrogen) atoms. The van der Waals surface area contributed by atoms with Crippen molar-refractivity contribution in [3.63, 3.8) is 0 Å². The molecule has 1 heterocycles. The van der Waals surface area contributed by atoms with Crippen molar-refractivity contribution in [3.05, 3.63) is 29.6 Å². The molecule has 0 bridgehead atoms. The minimum absolute atomic E-state index is 0.304. The summed E-state index contributed by atoms with van der Waals surface area (Å²) in [5.41, 5.74) is 1.91. The summed E-state index contributed by atoms with van der Waals surface area (Å²) in [6.45, 7) is 4.63. The van der Waals surface area contributed by atoms with Crippen molar-refractivity contribution < 1.29 is 19.0 Å². The zero-order valence-electron chi connectivity index (χ0n) is 14.0. The van der Waals surface area contributed by atoms with E-state index in [-0.39, 0.29) is 5.91 Å². The van der Waals surface area contributed by atoms with E-state index in [1.807, 2.05) is 13.8 Å². The normalized spacial score (nSPS) is 10.3. The van der Waals surface area contributed by atoms with E-state index < -0.39 is 0 Å². The van der Waals surface area contributed by atoms with Crippen LogP contribution in [0.4, 0.5) is 5.69 Å². The first-order valence-corrected chi connectivity index (χ1v) is 7.20. The first-order valence-electron chi connectivity index (χ1n) is 7.20. The summed E-state index contributed by atoms with van der Waals surface area (Å²) in [6, 6.07) is 3.30. The number of amides is 1. The van der Waals surface area contributed by atoms with Crippen LogP contribution in [0.3, 0.4) is 0 Å². The second-order valence-corrected chi connectivity index (χ2v) is 4.80. The number of rotatable bonds is 6. The number of anilines is 1. The molecule has 0 radical (unpaired) electrons. The molecule has 0 saturated carbocycles. The molecule has 0 spiro atoms. The fourth-order valence-corrected chi connectivity index (χ4v) is 2.36. The zero-order valence-corrected chi connectivity index (χ0v) is 14.0. The average Bonchev–Trinajstić information content (AvgIpc) is 2.92. The number of carbonyl (C=O) groups excluding carboxylic acids is 1. The molecule has 0 unspecified atom stereocenters. The van der Waals surface area contributed by atoms with Crippen LogP contribution in [-0.4, -0.2) is 37.0 Å². The Morgan fingerprint density at radius 1 is 1.17 bits per heavy atom. The molecule has 7 nitrogen and oxygen atoms in total. The van der Waals surface area contributed by atoms with Gasteiger partial charge in [-0.2, -0.15) is 5.10 Å². The maximum absolute atomic E-state index is 12.6. The van der Waals surface area contributed by atoms with Crippen molar-refractivity contribution in [2.45, 2.75) is 20.4 Å². The molecule has 0 saturated heterocycles. The predicted molar refractivity (Wildman–Crippen MR) is 86.7 cm³/mol. The van der Waals surface area contributed by atoms with Crippen molar-refractivity contribution in [3.8, 4) is 17.2 Å². The molecule has 0 fully saturated rings. The van der Waals surface area contributed by atoms with Gasteiger partial charge in [-0.3, -0.25) is 9.48 Å². The monoisotopic (exact) mass is 319 g/mol. The minimum Gasteiger partial charge on any atom is -0.493 e. The number of hydrogen-bond acceptors (Lipinski definition) is 5. The number of aryl methyl sites for hydroxylation is 1. The van der Waals surface area contributed by atoms with E-state index in [2.05, 4.69) is 10.4 Å². The molecule has 1 aromatic heterocycles. The lowest BCUT2D eigenvalue weighted by Gasteiger charge is -2.15. The van der Waals surface area contributed by atoms with Crippen molar-refractivity contribution in [2.24, 2.45) is 0 Å². The number of methoxy groups -OCH3 is 3. The Balaban J connectivity index is 2.37. The van der Waals surface area contributed by atoms with Gasteiger partial charge >= 0.3 is 0 Å². The van der Waals surface area contributed by atoms with E-state index in [1.165, 1.54) is 21.3 Å². The summed E-state index contributed by atoms with van der Waals surface area (Å²) in [4.78, 5) is 12.6. The maximum Gasteiger partial charge on any atom is 0.259 e. The maximum atomic E-state index is 12.6. The summed E-state index contributed by atoms with van der Waals surface area (Å²) in [7, 11) is 4.51. The van der Waals surface area contributed by atoms with Gasteiger partial charge in [-0.1, -0.05) is 0 Å². The molecule has 7 heteroatoms. The highest BCUT2D eigenvalue weighted by Gasteiger charge is 2.21. The Bertz CT molecular complexity index is 710. The van der Waals surface area contributed by atoms with Gasteiger partial charge in [0.25, 0.3) is 5.91 Å². The summed E-state index contributed by atoms with van der Waals surface area (Å²) in [5, 5.41) is 7.06. The fraction of sp³-hybridized carbons (Fsp3) is 0.375. The Hall–Kier alpha value is -2.70. The Kier molecular flexibility index (Phi) is 5.10. The number of carbonyl (C=O) groups is 1.